The van der Waals surface area contributed by atoms with Crippen molar-refractivity contribution < 1.29 is 9.59 Å². The van der Waals surface area contributed by atoms with Crippen molar-refractivity contribution in [2.45, 2.75) is 12.6 Å². The maximum absolute atomic E-state index is 13.0. The van der Waals surface area contributed by atoms with Gasteiger partial charge in [0.15, 0.2) is 0 Å². The number of amides is 2. The summed E-state index contributed by atoms with van der Waals surface area (Å²) in [6.45, 7) is 4.24. The van der Waals surface area contributed by atoms with Crippen LogP contribution in [0, 0.1) is 0 Å². The van der Waals surface area contributed by atoms with Crippen molar-refractivity contribution in [1.82, 2.24) is 20.4 Å². The Balaban J connectivity index is 1.24. The predicted octanol–water partition coefficient (Wildman–Crippen LogP) is 3.48. The molecule has 0 aromatic heterocycles. The molecule has 2 amide bonds. The molecule has 0 radical (unpaired) electrons. The first kappa shape index (κ1) is 24.9. The number of rotatable bonds is 9. The molecule has 3 aromatic carbocycles. The lowest BCUT2D eigenvalue weighted by atomic mass is 9.98. The van der Waals surface area contributed by atoms with Crippen LogP contribution in [0.2, 0.25) is 5.02 Å². The van der Waals surface area contributed by atoms with Crippen molar-refractivity contribution in [3.63, 3.8) is 0 Å². The molecule has 2 N–H and O–H groups in total. The van der Waals surface area contributed by atoms with Crippen LogP contribution >= 0.6 is 11.6 Å². The van der Waals surface area contributed by atoms with Gasteiger partial charge in [0.2, 0.25) is 11.8 Å². The van der Waals surface area contributed by atoms with Crippen molar-refractivity contribution >= 4 is 23.4 Å². The second-order valence-corrected chi connectivity index (χ2v) is 9.21. The quantitative estimate of drug-likeness (QED) is 0.482. The standard InChI is InChI=1S/C28H31ClN4O2/c29-25-13-11-24(12-14-25)28(23-9-5-2-6-10-23)31-27(35)21-33-17-15-32(16-18-33)20-26(34)30-19-22-7-3-1-4-8-22/h1-14,28H,15-21H2,(H,30,34)(H,31,35). The fourth-order valence-corrected chi connectivity index (χ4v) is 4.36. The number of nitrogens with one attached hydrogen (secondary N) is 2. The first-order valence-corrected chi connectivity index (χ1v) is 12.3. The summed E-state index contributed by atoms with van der Waals surface area (Å²) in [5, 5.41) is 6.84. The minimum atomic E-state index is -0.240. The molecule has 35 heavy (non-hydrogen) atoms. The third kappa shape index (κ3) is 7.65. The van der Waals surface area contributed by atoms with Crippen LogP contribution in [0.1, 0.15) is 22.7 Å². The fraction of sp³-hybridized carbons (Fsp3) is 0.286. The van der Waals surface area contributed by atoms with Crippen LogP contribution in [0.4, 0.5) is 0 Å². The van der Waals surface area contributed by atoms with Crippen molar-refractivity contribution in [3.05, 3.63) is 107 Å². The highest BCUT2D eigenvalue weighted by Crippen LogP contribution is 2.23. The number of piperazine rings is 1. The number of hydrogen-bond acceptors (Lipinski definition) is 4. The molecule has 4 rings (SSSR count). The molecule has 1 aliphatic heterocycles. The number of nitrogens with zero attached hydrogens (tertiary/aromatic N) is 2. The van der Waals surface area contributed by atoms with E-state index in [0.29, 0.717) is 24.7 Å². The topological polar surface area (TPSA) is 64.7 Å². The highest BCUT2D eigenvalue weighted by molar-refractivity contribution is 6.30. The molecule has 0 aliphatic carbocycles. The van der Waals surface area contributed by atoms with Gasteiger partial charge >= 0.3 is 0 Å². The van der Waals surface area contributed by atoms with E-state index in [1.54, 1.807) is 0 Å². The molecule has 1 fully saturated rings. The molecule has 0 bridgehead atoms. The highest BCUT2D eigenvalue weighted by Gasteiger charge is 2.22. The van der Waals surface area contributed by atoms with Crippen LogP contribution in [0.25, 0.3) is 0 Å². The predicted molar refractivity (Wildman–Crippen MR) is 139 cm³/mol. The van der Waals surface area contributed by atoms with E-state index in [9.17, 15) is 9.59 Å². The molecule has 6 nitrogen and oxygen atoms in total. The number of carbonyl (C=O) groups excluding carboxylic acids is 2. The van der Waals surface area contributed by atoms with E-state index in [4.69, 9.17) is 11.6 Å². The van der Waals surface area contributed by atoms with Crippen LogP contribution in [0.15, 0.2) is 84.9 Å². The maximum Gasteiger partial charge on any atom is 0.234 e. The summed E-state index contributed by atoms with van der Waals surface area (Å²) >= 11 is 6.06. The summed E-state index contributed by atoms with van der Waals surface area (Å²) in [6.07, 6.45) is 0. The van der Waals surface area contributed by atoms with Gasteiger partial charge < -0.3 is 10.6 Å². The van der Waals surface area contributed by atoms with E-state index in [1.165, 1.54) is 0 Å². The van der Waals surface area contributed by atoms with Gasteiger partial charge in [-0.3, -0.25) is 19.4 Å². The normalized spacial score (nSPS) is 15.3. The second-order valence-electron chi connectivity index (χ2n) is 8.78. The fourth-order valence-electron chi connectivity index (χ4n) is 4.23. The lowest BCUT2D eigenvalue weighted by Crippen LogP contribution is -2.51. The van der Waals surface area contributed by atoms with Crippen molar-refractivity contribution in [2.75, 3.05) is 39.3 Å². The Morgan fingerprint density at radius 2 is 1.23 bits per heavy atom. The second kappa shape index (κ2) is 12.5. The highest BCUT2D eigenvalue weighted by atomic mass is 35.5. The molecule has 1 aliphatic rings. The van der Waals surface area contributed by atoms with Gasteiger partial charge in [-0.1, -0.05) is 84.4 Å². The van der Waals surface area contributed by atoms with Gasteiger partial charge in [-0.15, -0.1) is 0 Å². The monoisotopic (exact) mass is 490 g/mol. The SMILES string of the molecule is O=C(CN1CCN(CC(=O)NC(c2ccccc2)c2ccc(Cl)cc2)CC1)NCc1ccccc1. The molecule has 1 heterocycles. The summed E-state index contributed by atoms with van der Waals surface area (Å²) in [5.74, 6) is -0.00318. The van der Waals surface area contributed by atoms with Gasteiger partial charge in [0, 0.05) is 37.7 Å². The van der Waals surface area contributed by atoms with Gasteiger partial charge in [0.25, 0.3) is 0 Å². The molecule has 3 aromatic rings. The number of carbonyl (C=O) groups is 2. The van der Waals surface area contributed by atoms with Crippen LogP contribution in [-0.2, 0) is 16.1 Å². The summed E-state index contributed by atoms with van der Waals surface area (Å²) in [6, 6.07) is 27.2. The van der Waals surface area contributed by atoms with Crippen molar-refractivity contribution in [2.24, 2.45) is 0 Å². The third-order valence-corrected chi connectivity index (χ3v) is 6.43. The van der Waals surface area contributed by atoms with Crippen LogP contribution in [0.3, 0.4) is 0 Å². The van der Waals surface area contributed by atoms with Crippen LogP contribution in [-0.4, -0.2) is 60.9 Å². The molecule has 182 valence electrons. The number of benzene rings is 3. The lowest BCUT2D eigenvalue weighted by molar-refractivity contribution is -0.125. The Morgan fingerprint density at radius 3 is 1.83 bits per heavy atom. The van der Waals surface area contributed by atoms with E-state index in [2.05, 4.69) is 20.4 Å². The number of halogens is 1. The smallest absolute Gasteiger partial charge is 0.234 e. The van der Waals surface area contributed by atoms with Gasteiger partial charge in [0.05, 0.1) is 19.1 Å². The van der Waals surface area contributed by atoms with Crippen molar-refractivity contribution in [1.29, 1.82) is 0 Å². The van der Waals surface area contributed by atoms with Gasteiger partial charge in [-0.05, 0) is 28.8 Å². The molecular formula is C28H31ClN4O2. The summed E-state index contributed by atoms with van der Waals surface area (Å²) in [5.41, 5.74) is 3.10. The third-order valence-electron chi connectivity index (χ3n) is 6.17. The van der Waals surface area contributed by atoms with E-state index >= 15 is 0 Å². The molecule has 0 saturated carbocycles. The molecule has 0 spiro atoms. The molecular weight excluding hydrogens is 460 g/mol. The Morgan fingerprint density at radius 1 is 0.714 bits per heavy atom. The van der Waals surface area contributed by atoms with Crippen LogP contribution in [0.5, 0.6) is 0 Å². The summed E-state index contributed by atoms with van der Waals surface area (Å²) < 4.78 is 0. The molecule has 1 atom stereocenters. The lowest BCUT2D eigenvalue weighted by Gasteiger charge is -2.34. The van der Waals surface area contributed by atoms with E-state index < -0.39 is 0 Å². The zero-order chi connectivity index (χ0) is 24.5. The van der Waals surface area contributed by atoms with Crippen LogP contribution < -0.4 is 10.6 Å². The Labute approximate surface area is 211 Å². The van der Waals surface area contributed by atoms with Gasteiger partial charge in [0.1, 0.15) is 0 Å². The van der Waals surface area contributed by atoms with E-state index in [0.717, 1.165) is 42.9 Å². The Bertz CT molecular complexity index is 1080. The molecule has 1 saturated heterocycles. The first-order valence-electron chi connectivity index (χ1n) is 11.9. The largest absolute Gasteiger partial charge is 0.351 e. The Hall–Kier alpha value is -3.19. The zero-order valence-electron chi connectivity index (χ0n) is 19.7. The van der Waals surface area contributed by atoms with E-state index in [1.807, 2.05) is 84.9 Å². The zero-order valence-corrected chi connectivity index (χ0v) is 20.5. The van der Waals surface area contributed by atoms with Gasteiger partial charge in [-0.2, -0.15) is 0 Å². The molecule has 1 unspecified atom stereocenters. The van der Waals surface area contributed by atoms with E-state index in [-0.39, 0.29) is 17.9 Å². The average Bonchev–Trinajstić information content (AvgIpc) is 2.89. The number of hydrogen-bond donors (Lipinski definition) is 2. The maximum atomic E-state index is 13.0. The summed E-state index contributed by atoms with van der Waals surface area (Å²) in [4.78, 5) is 29.5. The van der Waals surface area contributed by atoms with Crippen molar-refractivity contribution in [3.8, 4) is 0 Å². The minimum absolute atomic E-state index is 0.0220. The Kier molecular flexibility index (Phi) is 8.90. The first-order chi connectivity index (χ1) is 17.1. The summed E-state index contributed by atoms with van der Waals surface area (Å²) in [7, 11) is 0. The van der Waals surface area contributed by atoms with Gasteiger partial charge in [-0.25, -0.2) is 0 Å². The average molecular weight is 491 g/mol. The molecule has 7 heteroatoms. The minimum Gasteiger partial charge on any atom is -0.351 e.